The van der Waals surface area contributed by atoms with Gasteiger partial charge in [0.05, 0.1) is 16.7 Å². The van der Waals surface area contributed by atoms with Gasteiger partial charge in [0.15, 0.2) is 5.16 Å². The summed E-state index contributed by atoms with van der Waals surface area (Å²) in [6, 6.07) is 13.6. The van der Waals surface area contributed by atoms with Crippen LogP contribution in [0.25, 0.3) is 10.9 Å². The van der Waals surface area contributed by atoms with Crippen LogP contribution in [-0.4, -0.2) is 33.2 Å². The Morgan fingerprint density at radius 3 is 2.64 bits per heavy atom. The van der Waals surface area contributed by atoms with E-state index < -0.39 is 0 Å². The van der Waals surface area contributed by atoms with Gasteiger partial charge in [0.2, 0.25) is 5.91 Å². The summed E-state index contributed by atoms with van der Waals surface area (Å²) >= 11 is 1.23. The summed E-state index contributed by atoms with van der Waals surface area (Å²) in [5.41, 5.74) is 0.992. The Hall–Kier alpha value is -2.67. The average molecular weight is 399 g/mol. The van der Waals surface area contributed by atoms with E-state index in [1.807, 2.05) is 19.1 Å². The lowest BCUT2D eigenvalue weighted by molar-refractivity contribution is -0.127. The number of hydrogen-bond acceptors (Lipinski definition) is 4. The summed E-state index contributed by atoms with van der Waals surface area (Å²) in [5, 5.41) is 1.10. The number of benzene rings is 2. The first kappa shape index (κ1) is 20.1. The normalized spacial score (nSPS) is 11.0. The third-order valence-corrected chi connectivity index (χ3v) is 5.35. The molecule has 0 saturated heterocycles. The molecule has 0 aliphatic rings. The van der Waals surface area contributed by atoms with E-state index in [0.29, 0.717) is 28.2 Å². The monoisotopic (exact) mass is 399 g/mol. The Morgan fingerprint density at radius 2 is 1.89 bits per heavy atom. The number of hydrogen-bond donors (Lipinski definition) is 0. The zero-order valence-electron chi connectivity index (χ0n) is 15.9. The highest BCUT2D eigenvalue weighted by molar-refractivity contribution is 7.99. The Labute approximate surface area is 167 Å². The van der Waals surface area contributed by atoms with Gasteiger partial charge >= 0.3 is 0 Å². The molecule has 28 heavy (non-hydrogen) atoms. The van der Waals surface area contributed by atoms with Crippen LogP contribution < -0.4 is 5.56 Å². The van der Waals surface area contributed by atoms with Crippen LogP contribution in [0.2, 0.25) is 0 Å². The summed E-state index contributed by atoms with van der Waals surface area (Å²) < 4.78 is 15.4. The van der Waals surface area contributed by atoms with Crippen LogP contribution in [0.15, 0.2) is 58.5 Å². The van der Waals surface area contributed by atoms with Crippen molar-refractivity contribution in [2.45, 2.75) is 31.6 Å². The van der Waals surface area contributed by atoms with E-state index in [2.05, 4.69) is 4.98 Å². The van der Waals surface area contributed by atoms with Gasteiger partial charge in [-0.05, 0) is 24.6 Å². The van der Waals surface area contributed by atoms with Crippen molar-refractivity contribution in [1.29, 1.82) is 0 Å². The zero-order valence-corrected chi connectivity index (χ0v) is 16.7. The van der Waals surface area contributed by atoms with Crippen molar-refractivity contribution < 1.29 is 9.18 Å². The molecule has 0 bridgehead atoms. The Balaban J connectivity index is 1.77. The molecule has 146 valence electrons. The maximum Gasteiger partial charge on any atom is 0.262 e. The molecule has 0 spiro atoms. The number of carbonyl (C=O) groups excluding carboxylic acids is 1. The molecule has 0 aliphatic carbocycles. The molecule has 0 radical (unpaired) electrons. The van der Waals surface area contributed by atoms with Crippen molar-refractivity contribution in [3.05, 3.63) is 70.3 Å². The third-order valence-electron chi connectivity index (χ3n) is 4.39. The number of para-hydroxylation sites is 1. The van der Waals surface area contributed by atoms with Crippen molar-refractivity contribution in [3.63, 3.8) is 0 Å². The molecule has 3 rings (SSSR count). The van der Waals surface area contributed by atoms with Gasteiger partial charge in [-0.2, -0.15) is 0 Å². The Kier molecular flexibility index (Phi) is 6.46. The van der Waals surface area contributed by atoms with Gasteiger partial charge in [-0.25, -0.2) is 9.37 Å². The predicted molar refractivity (Wildman–Crippen MR) is 110 cm³/mol. The number of nitrogens with zero attached hydrogens (tertiary/aromatic N) is 3. The molecule has 0 fully saturated rings. The van der Waals surface area contributed by atoms with Crippen molar-refractivity contribution in [2.75, 3.05) is 12.8 Å². The second-order valence-electron chi connectivity index (χ2n) is 6.50. The standard InChI is InChI=1S/C21H22FN3O2S/c1-3-12-25-20(27)16-9-5-7-11-18(16)23-21(25)28-14-19(26)24(2)13-15-8-4-6-10-17(15)22/h4-11H,3,12-14H2,1-2H3. The molecule has 2 aromatic carbocycles. The average Bonchev–Trinajstić information content (AvgIpc) is 2.70. The van der Waals surface area contributed by atoms with Gasteiger partial charge in [0.1, 0.15) is 5.82 Å². The fourth-order valence-corrected chi connectivity index (χ4v) is 3.85. The molecule has 5 nitrogen and oxygen atoms in total. The molecule has 3 aromatic rings. The number of carbonyl (C=O) groups is 1. The highest BCUT2D eigenvalue weighted by Gasteiger charge is 2.16. The quantitative estimate of drug-likeness (QED) is 0.449. The molecule has 0 saturated carbocycles. The number of fused-ring (bicyclic) bond motifs is 1. The van der Waals surface area contributed by atoms with Crippen molar-refractivity contribution in [3.8, 4) is 0 Å². The SMILES string of the molecule is CCCn1c(SCC(=O)N(C)Cc2ccccc2F)nc2ccccc2c1=O. The van der Waals surface area contributed by atoms with Crippen LogP contribution in [-0.2, 0) is 17.9 Å². The van der Waals surface area contributed by atoms with E-state index in [-0.39, 0.29) is 29.6 Å². The van der Waals surface area contributed by atoms with Crippen LogP contribution in [0.3, 0.4) is 0 Å². The number of amides is 1. The Bertz CT molecular complexity index is 1050. The van der Waals surface area contributed by atoms with Crippen LogP contribution in [0.4, 0.5) is 4.39 Å². The minimum Gasteiger partial charge on any atom is -0.341 e. The lowest BCUT2D eigenvalue weighted by atomic mass is 10.2. The highest BCUT2D eigenvalue weighted by atomic mass is 32.2. The fraction of sp³-hybridized carbons (Fsp3) is 0.286. The van der Waals surface area contributed by atoms with Crippen molar-refractivity contribution >= 4 is 28.6 Å². The van der Waals surface area contributed by atoms with E-state index in [4.69, 9.17) is 0 Å². The number of halogens is 1. The lowest BCUT2D eigenvalue weighted by Crippen LogP contribution is -2.29. The van der Waals surface area contributed by atoms with E-state index in [9.17, 15) is 14.0 Å². The summed E-state index contributed by atoms with van der Waals surface area (Å²) in [5.74, 6) is -0.360. The summed E-state index contributed by atoms with van der Waals surface area (Å²) in [6.07, 6.45) is 0.786. The smallest absolute Gasteiger partial charge is 0.262 e. The highest BCUT2D eigenvalue weighted by Crippen LogP contribution is 2.19. The molecular formula is C21H22FN3O2S. The molecule has 0 N–H and O–H groups in total. The fourth-order valence-electron chi connectivity index (χ4n) is 2.89. The molecule has 0 atom stereocenters. The topological polar surface area (TPSA) is 55.2 Å². The van der Waals surface area contributed by atoms with Crippen LogP contribution in [0.1, 0.15) is 18.9 Å². The lowest BCUT2D eigenvalue weighted by Gasteiger charge is -2.18. The second-order valence-corrected chi connectivity index (χ2v) is 7.44. The summed E-state index contributed by atoms with van der Waals surface area (Å²) in [7, 11) is 1.64. The first-order valence-electron chi connectivity index (χ1n) is 9.11. The van der Waals surface area contributed by atoms with E-state index >= 15 is 0 Å². The minimum atomic E-state index is -0.331. The van der Waals surface area contributed by atoms with Crippen molar-refractivity contribution in [1.82, 2.24) is 14.5 Å². The predicted octanol–water partition coefficient (Wildman–Crippen LogP) is 3.70. The van der Waals surface area contributed by atoms with Crippen LogP contribution in [0, 0.1) is 5.82 Å². The van der Waals surface area contributed by atoms with Gasteiger partial charge in [-0.3, -0.25) is 14.2 Å². The summed E-state index contributed by atoms with van der Waals surface area (Å²) in [4.78, 5) is 31.3. The molecular weight excluding hydrogens is 377 g/mol. The summed E-state index contributed by atoms with van der Waals surface area (Å²) in [6.45, 7) is 2.72. The molecule has 1 heterocycles. The van der Waals surface area contributed by atoms with Gasteiger partial charge < -0.3 is 4.90 Å². The molecule has 0 aliphatic heterocycles. The minimum absolute atomic E-state index is 0.0953. The van der Waals surface area contributed by atoms with E-state index in [1.165, 1.54) is 22.7 Å². The molecule has 7 heteroatoms. The van der Waals surface area contributed by atoms with Gasteiger partial charge in [-0.15, -0.1) is 0 Å². The molecule has 1 aromatic heterocycles. The van der Waals surface area contributed by atoms with Crippen molar-refractivity contribution in [2.24, 2.45) is 0 Å². The second kappa shape index (κ2) is 9.01. The van der Waals surface area contributed by atoms with Gasteiger partial charge in [0, 0.05) is 25.7 Å². The maximum atomic E-state index is 13.8. The first-order valence-corrected chi connectivity index (χ1v) is 10.1. The first-order chi connectivity index (χ1) is 13.5. The van der Waals surface area contributed by atoms with E-state index in [0.717, 1.165) is 6.42 Å². The Morgan fingerprint density at radius 1 is 1.18 bits per heavy atom. The van der Waals surface area contributed by atoms with E-state index in [1.54, 1.807) is 41.9 Å². The maximum absolute atomic E-state index is 13.8. The van der Waals surface area contributed by atoms with Crippen LogP contribution in [0.5, 0.6) is 0 Å². The largest absolute Gasteiger partial charge is 0.341 e. The number of rotatable bonds is 7. The van der Waals surface area contributed by atoms with Gasteiger partial charge in [-0.1, -0.05) is 49.0 Å². The van der Waals surface area contributed by atoms with Gasteiger partial charge in [0.25, 0.3) is 5.56 Å². The number of aromatic nitrogens is 2. The number of thioether (sulfide) groups is 1. The zero-order chi connectivity index (χ0) is 20.1. The van der Waals surface area contributed by atoms with Crippen LogP contribution >= 0.6 is 11.8 Å². The molecule has 0 unspecified atom stereocenters. The third kappa shape index (κ3) is 4.42. The molecule has 1 amide bonds.